The Kier molecular flexibility index (Phi) is 6.48. The van der Waals surface area contributed by atoms with E-state index in [-0.39, 0.29) is 30.4 Å². The summed E-state index contributed by atoms with van der Waals surface area (Å²) in [6.07, 6.45) is 1.80. The summed E-state index contributed by atoms with van der Waals surface area (Å²) in [7, 11) is 0. The number of amides is 3. The summed E-state index contributed by atoms with van der Waals surface area (Å²) in [6, 6.07) is 13.0. The average molecular weight is 508 g/mol. The van der Waals surface area contributed by atoms with E-state index < -0.39 is 0 Å². The number of thioether (sulfide) groups is 1. The van der Waals surface area contributed by atoms with Gasteiger partial charge in [-0.25, -0.2) is 0 Å². The van der Waals surface area contributed by atoms with Crippen molar-refractivity contribution in [1.29, 1.82) is 0 Å². The highest BCUT2D eigenvalue weighted by molar-refractivity contribution is 8.26. The zero-order valence-corrected chi connectivity index (χ0v) is 21.1. The van der Waals surface area contributed by atoms with Gasteiger partial charge >= 0.3 is 0 Å². The molecule has 2 aromatic rings. The number of carbonyl (C=O) groups is 3. The summed E-state index contributed by atoms with van der Waals surface area (Å²) in [5.41, 5.74) is 4.17. The normalized spacial score (nSPS) is 21.8. The second-order valence-corrected chi connectivity index (χ2v) is 10.5. The van der Waals surface area contributed by atoms with E-state index in [1.165, 1.54) is 9.80 Å². The first kappa shape index (κ1) is 23.7. The second-order valence-electron chi connectivity index (χ2n) is 8.85. The number of anilines is 2. The van der Waals surface area contributed by atoms with Crippen molar-refractivity contribution in [1.82, 2.24) is 4.90 Å². The molecule has 0 spiro atoms. The van der Waals surface area contributed by atoms with Crippen LogP contribution in [0.1, 0.15) is 29.5 Å². The summed E-state index contributed by atoms with van der Waals surface area (Å²) < 4.78 is 6.10. The Bertz CT molecular complexity index is 1260. The number of nitrogens with one attached hydrogen (secondary N) is 1. The lowest BCUT2D eigenvalue weighted by molar-refractivity contribution is -0.123. The Morgan fingerprint density at radius 3 is 2.54 bits per heavy atom. The zero-order chi connectivity index (χ0) is 24.7. The third-order valence-electron chi connectivity index (χ3n) is 6.46. The minimum absolute atomic E-state index is 0.0430. The van der Waals surface area contributed by atoms with Crippen molar-refractivity contribution in [2.45, 2.75) is 32.8 Å². The fourth-order valence-electron chi connectivity index (χ4n) is 4.69. The number of hydrogen-bond donors (Lipinski definition) is 1. The van der Waals surface area contributed by atoms with Crippen LogP contribution in [0.25, 0.3) is 5.57 Å². The van der Waals surface area contributed by atoms with Crippen molar-refractivity contribution in [3.8, 4) is 0 Å². The van der Waals surface area contributed by atoms with E-state index in [4.69, 9.17) is 17.0 Å². The first-order valence-corrected chi connectivity index (χ1v) is 12.7. The third-order valence-corrected chi connectivity index (χ3v) is 7.91. The maximum atomic E-state index is 13.6. The van der Waals surface area contributed by atoms with Crippen molar-refractivity contribution in [3.63, 3.8) is 0 Å². The second kappa shape index (κ2) is 9.56. The van der Waals surface area contributed by atoms with E-state index in [9.17, 15) is 14.4 Å². The lowest BCUT2D eigenvalue weighted by atomic mass is 10.1. The van der Waals surface area contributed by atoms with Gasteiger partial charge in [0.05, 0.1) is 28.8 Å². The standard InChI is InChI=1S/C26H25N3O4S2/c1-15-7-5-8-16(2)22(15)27-20(30)14-28-19-11-4-3-10-18(19)21(24(28)31)23-25(32)29(26(34)35-23)13-17-9-6-12-33-17/h3-5,7-8,10-11,17H,6,9,12-14H2,1-2H3,(H,27,30). The SMILES string of the molecule is Cc1cccc(C)c1NC(=O)CN1C(=O)C(=C2SC(=S)N(CC3CCCO3)C2=O)c2ccccc21. The van der Waals surface area contributed by atoms with Gasteiger partial charge in [-0.05, 0) is 43.9 Å². The Morgan fingerprint density at radius 1 is 1.09 bits per heavy atom. The van der Waals surface area contributed by atoms with Gasteiger partial charge in [-0.15, -0.1) is 0 Å². The molecule has 0 radical (unpaired) electrons. The number of rotatable bonds is 5. The lowest BCUT2D eigenvalue weighted by Crippen LogP contribution is -2.36. The van der Waals surface area contributed by atoms with Gasteiger partial charge in [-0.1, -0.05) is 60.4 Å². The molecule has 0 bridgehead atoms. The molecule has 2 saturated heterocycles. The number of fused-ring (bicyclic) bond motifs is 1. The Labute approximate surface area is 213 Å². The van der Waals surface area contributed by atoms with Gasteiger partial charge in [-0.3, -0.25) is 24.2 Å². The molecule has 2 aromatic carbocycles. The van der Waals surface area contributed by atoms with Crippen LogP contribution >= 0.6 is 24.0 Å². The quantitative estimate of drug-likeness (QED) is 0.486. The van der Waals surface area contributed by atoms with Crippen molar-refractivity contribution in [3.05, 3.63) is 64.1 Å². The van der Waals surface area contributed by atoms with Crippen LogP contribution in [0.4, 0.5) is 11.4 Å². The monoisotopic (exact) mass is 507 g/mol. The number of thiocarbonyl (C=S) groups is 1. The topological polar surface area (TPSA) is 79.0 Å². The minimum atomic E-state index is -0.375. The number of hydrogen-bond acceptors (Lipinski definition) is 6. The molecule has 0 aliphatic carbocycles. The molecule has 5 rings (SSSR count). The summed E-state index contributed by atoms with van der Waals surface area (Å²) in [5.74, 6) is -0.964. The number of aryl methyl sites for hydroxylation is 2. The highest BCUT2D eigenvalue weighted by atomic mass is 32.2. The molecule has 9 heteroatoms. The van der Waals surface area contributed by atoms with Crippen LogP contribution in [0, 0.1) is 13.8 Å². The molecule has 1 atom stereocenters. The fourth-order valence-corrected chi connectivity index (χ4v) is 6.04. The third kappa shape index (κ3) is 4.39. The number of para-hydroxylation sites is 2. The number of carbonyl (C=O) groups excluding carboxylic acids is 3. The number of benzene rings is 2. The van der Waals surface area contributed by atoms with Gasteiger partial charge < -0.3 is 10.1 Å². The molecule has 180 valence electrons. The van der Waals surface area contributed by atoms with Gasteiger partial charge in [0, 0.05) is 17.9 Å². The summed E-state index contributed by atoms with van der Waals surface area (Å²) >= 11 is 6.63. The number of ether oxygens (including phenoxy) is 1. The fraction of sp³-hybridized carbons (Fsp3) is 0.308. The molecule has 35 heavy (non-hydrogen) atoms. The van der Waals surface area contributed by atoms with Crippen LogP contribution in [0.5, 0.6) is 0 Å². The zero-order valence-electron chi connectivity index (χ0n) is 19.5. The highest BCUT2D eigenvalue weighted by Crippen LogP contribution is 2.44. The number of nitrogens with zero attached hydrogens (tertiary/aromatic N) is 2. The molecule has 1 unspecified atom stereocenters. The molecule has 7 nitrogen and oxygen atoms in total. The first-order chi connectivity index (χ1) is 16.8. The Balaban J connectivity index is 1.42. The maximum Gasteiger partial charge on any atom is 0.267 e. The van der Waals surface area contributed by atoms with Gasteiger partial charge in [0.2, 0.25) is 5.91 Å². The van der Waals surface area contributed by atoms with Gasteiger partial charge in [0.25, 0.3) is 11.8 Å². The predicted octanol–water partition coefficient (Wildman–Crippen LogP) is 4.04. The Morgan fingerprint density at radius 2 is 1.83 bits per heavy atom. The molecule has 1 N–H and O–H groups in total. The predicted molar refractivity (Wildman–Crippen MR) is 141 cm³/mol. The van der Waals surface area contributed by atoms with Crippen LogP contribution in [0.2, 0.25) is 0 Å². The molecular weight excluding hydrogens is 482 g/mol. The summed E-state index contributed by atoms with van der Waals surface area (Å²) in [6.45, 7) is 4.76. The van der Waals surface area contributed by atoms with E-state index in [1.54, 1.807) is 12.1 Å². The van der Waals surface area contributed by atoms with Gasteiger partial charge in [0.1, 0.15) is 10.9 Å². The van der Waals surface area contributed by atoms with Crippen LogP contribution < -0.4 is 10.2 Å². The molecule has 3 aliphatic rings. The summed E-state index contributed by atoms with van der Waals surface area (Å²) in [4.78, 5) is 43.2. The van der Waals surface area contributed by atoms with Crippen LogP contribution in [-0.2, 0) is 19.1 Å². The van der Waals surface area contributed by atoms with Crippen molar-refractivity contribution in [2.24, 2.45) is 0 Å². The van der Waals surface area contributed by atoms with Crippen molar-refractivity contribution < 1.29 is 19.1 Å². The van der Waals surface area contributed by atoms with Crippen LogP contribution in [0.15, 0.2) is 47.4 Å². The average Bonchev–Trinajstić information content (AvgIpc) is 3.51. The highest BCUT2D eigenvalue weighted by Gasteiger charge is 2.43. The molecule has 0 saturated carbocycles. The van der Waals surface area contributed by atoms with Crippen LogP contribution in [-0.4, -0.2) is 52.7 Å². The van der Waals surface area contributed by atoms with E-state index in [2.05, 4.69) is 5.32 Å². The van der Waals surface area contributed by atoms with Crippen LogP contribution in [0.3, 0.4) is 0 Å². The summed E-state index contributed by atoms with van der Waals surface area (Å²) in [5, 5.41) is 2.94. The largest absolute Gasteiger partial charge is 0.376 e. The molecule has 3 heterocycles. The van der Waals surface area contributed by atoms with Crippen molar-refractivity contribution in [2.75, 3.05) is 29.9 Å². The lowest BCUT2D eigenvalue weighted by Gasteiger charge is -2.19. The van der Waals surface area contributed by atoms with Crippen molar-refractivity contribution >= 4 is 63.0 Å². The van der Waals surface area contributed by atoms with E-state index in [1.807, 2.05) is 44.2 Å². The van der Waals surface area contributed by atoms with E-state index in [0.29, 0.717) is 39.2 Å². The maximum absolute atomic E-state index is 13.6. The van der Waals surface area contributed by atoms with Gasteiger partial charge in [0.15, 0.2) is 0 Å². The molecule has 3 aliphatic heterocycles. The molecular formula is C26H25N3O4S2. The first-order valence-electron chi connectivity index (χ1n) is 11.5. The Hall–Kier alpha value is -3.01. The smallest absolute Gasteiger partial charge is 0.267 e. The van der Waals surface area contributed by atoms with Gasteiger partial charge in [-0.2, -0.15) is 0 Å². The van der Waals surface area contributed by atoms with E-state index in [0.717, 1.165) is 41.4 Å². The molecule has 2 fully saturated rings. The van der Waals surface area contributed by atoms with E-state index >= 15 is 0 Å². The minimum Gasteiger partial charge on any atom is -0.376 e. The molecule has 0 aromatic heterocycles. The molecule has 3 amide bonds.